The van der Waals surface area contributed by atoms with E-state index in [-0.39, 0.29) is 24.3 Å². The maximum absolute atomic E-state index is 11.7. The number of morpholine rings is 1. The molecule has 0 aromatic heterocycles. The summed E-state index contributed by atoms with van der Waals surface area (Å²) in [6.45, 7) is 8.81. The second kappa shape index (κ2) is 4.64. The predicted octanol–water partition coefficient (Wildman–Crippen LogP) is 1.12. The number of nitrogens with zero attached hydrogens (tertiary/aromatic N) is 1. The number of carbonyl (C=O) groups excluding carboxylic acids is 1. The van der Waals surface area contributed by atoms with Crippen LogP contribution in [0.2, 0.25) is 0 Å². The summed E-state index contributed by atoms with van der Waals surface area (Å²) in [7, 11) is 0. The Morgan fingerprint density at radius 2 is 2.12 bits per heavy atom. The van der Waals surface area contributed by atoms with E-state index in [9.17, 15) is 9.59 Å². The van der Waals surface area contributed by atoms with Crippen LogP contribution < -0.4 is 0 Å². The lowest BCUT2D eigenvalue weighted by atomic mass is 9.93. The average Bonchev–Trinajstić information content (AvgIpc) is 2.07. The van der Waals surface area contributed by atoms with E-state index in [1.165, 1.54) is 0 Å². The fourth-order valence-corrected chi connectivity index (χ4v) is 2.01. The fourth-order valence-electron chi connectivity index (χ4n) is 2.01. The van der Waals surface area contributed by atoms with Gasteiger partial charge >= 0.3 is 5.97 Å². The van der Waals surface area contributed by atoms with Crippen LogP contribution in [0.15, 0.2) is 0 Å². The fraction of sp³-hybridized carbons (Fsp3) is 0.833. The molecule has 0 spiro atoms. The average molecular weight is 243 g/mol. The molecule has 1 N–H and O–H groups in total. The van der Waals surface area contributed by atoms with Gasteiger partial charge in [-0.05, 0) is 12.3 Å². The zero-order chi connectivity index (χ0) is 13.3. The zero-order valence-corrected chi connectivity index (χ0v) is 10.9. The third-order valence-electron chi connectivity index (χ3n) is 2.61. The van der Waals surface area contributed by atoms with Crippen LogP contribution in [-0.2, 0) is 14.3 Å². The highest BCUT2D eigenvalue weighted by molar-refractivity contribution is 5.79. The van der Waals surface area contributed by atoms with Gasteiger partial charge in [0.1, 0.15) is 6.61 Å². The molecule has 1 heterocycles. The van der Waals surface area contributed by atoms with Gasteiger partial charge in [0.05, 0.1) is 18.6 Å². The lowest BCUT2D eigenvalue weighted by molar-refractivity contribution is -0.170. The first kappa shape index (κ1) is 14.0. The van der Waals surface area contributed by atoms with Crippen molar-refractivity contribution in [3.8, 4) is 0 Å². The van der Waals surface area contributed by atoms with Gasteiger partial charge in [-0.1, -0.05) is 20.8 Å². The largest absolute Gasteiger partial charge is 0.481 e. The summed E-state index contributed by atoms with van der Waals surface area (Å²) in [6.07, 6.45) is -0.0824. The number of hydrogen-bond acceptors (Lipinski definition) is 3. The van der Waals surface area contributed by atoms with E-state index in [0.717, 1.165) is 0 Å². The van der Waals surface area contributed by atoms with E-state index >= 15 is 0 Å². The molecule has 0 aromatic carbocycles. The Hall–Kier alpha value is -1.10. The summed E-state index contributed by atoms with van der Waals surface area (Å²) in [4.78, 5) is 24.2. The molecular weight excluding hydrogens is 222 g/mol. The molecule has 1 aliphatic heterocycles. The van der Waals surface area contributed by atoms with E-state index in [1.807, 2.05) is 20.8 Å². The van der Waals surface area contributed by atoms with E-state index in [0.29, 0.717) is 13.1 Å². The normalized spacial score (nSPS) is 26.1. The minimum Gasteiger partial charge on any atom is -0.481 e. The molecule has 1 amide bonds. The molecule has 1 aliphatic rings. The maximum Gasteiger partial charge on any atom is 0.306 e. The molecule has 98 valence electrons. The van der Waals surface area contributed by atoms with Crippen LogP contribution in [0.3, 0.4) is 0 Å². The lowest BCUT2D eigenvalue weighted by Crippen LogP contribution is -2.55. The number of rotatable bonds is 3. The highest BCUT2D eigenvalue weighted by Crippen LogP contribution is 2.25. The summed E-state index contributed by atoms with van der Waals surface area (Å²) in [5, 5.41) is 8.83. The Morgan fingerprint density at radius 3 is 2.59 bits per heavy atom. The highest BCUT2D eigenvalue weighted by Gasteiger charge is 2.38. The molecule has 0 bridgehead atoms. The quantitative estimate of drug-likeness (QED) is 0.806. The van der Waals surface area contributed by atoms with Crippen molar-refractivity contribution in [2.75, 3.05) is 19.7 Å². The van der Waals surface area contributed by atoms with Crippen LogP contribution in [0.1, 0.15) is 34.1 Å². The first-order chi connectivity index (χ1) is 7.61. The SMILES string of the molecule is CC(C)(C)CN1CC(C)(CC(=O)O)OCC1=O. The van der Waals surface area contributed by atoms with Crippen molar-refractivity contribution in [2.24, 2.45) is 5.41 Å². The van der Waals surface area contributed by atoms with Crippen LogP contribution in [0.4, 0.5) is 0 Å². The third-order valence-corrected chi connectivity index (χ3v) is 2.61. The Labute approximate surface area is 102 Å². The van der Waals surface area contributed by atoms with Crippen molar-refractivity contribution in [1.29, 1.82) is 0 Å². The van der Waals surface area contributed by atoms with Gasteiger partial charge in [-0.15, -0.1) is 0 Å². The van der Waals surface area contributed by atoms with E-state index < -0.39 is 11.6 Å². The van der Waals surface area contributed by atoms with Crippen LogP contribution in [-0.4, -0.2) is 47.2 Å². The van der Waals surface area contributed by atoms with Gasteiger partial charge in [0.2, 0.25) is 5.91 Å². The van der Waals surface area contributed by atoms with E-state index in [2.05, 4.69) is 0 Å². The molecular formula is C12H21NO4. The van der Waals surface area contributed by atoms with Gasteiger partial charge in [-0.25, -0.2) is 0 Å². The topological polar surface area (TPSA) is 66.8 Å². The summed E-state index contributed by atoms with van der Waals surface area (Å²) in [5.74, 6) is -0.972. The minimum absolute atomic E-state index is 0.00284. The molecule has 1 atom stereocenters. The Morgan fingerprint density at radius 1 is 1.53 bits per heavy atom. The van der Waals surface area contributed by atoms with E-state index in [4.69, 9.17) is 9.84 Å². The molecule has 0 saturated carbocycles. The molecule has 17 heavy (non-hydrogen) atoms. The number of hydrogen-bond donors (Lipinski definition) is 1. The summed E-state index contributed by atoms with van der Waals surface area (Å²) in [5.41, 5.74) is -0.776. The number of carbonyl (C=O) groups is 2. The molecule has 1 rings (SSSR count). The van der Waals surface area contributed by atoms with E-state index in [1.54, 1.807) is 11.8 Å². The first-order valence-electron chi connectivity index (χ1n) is 5.75. The number of amides is 1. The molecule has 5 heteroatoms. The number of aliphatic carboxylic acids is 1. The number of ether oxygens (including phenoxy) is 1. The van der Waals surface area contributed by atoms with Crippen LogP contribution >= 0.6 is 0 Å². The molecule has 1 unspecified atom stereocenters. The van der Waals surface area contributed by atoms with Crippen molar-refractivity contribution in [1.82, 2.24) is 4.90 Å². The standard InChI is InChI=1S/C12H21NO4/c1-11(2,3)7-13-8-12(4,5-10(15)16)17-6-9(13)14/h5-8H2,1-4H3,(H,15,16). The Balaban J connectivity index is 2.71. The van der Waals surface area contributed by atoms with Gasteiger partial charge in [-0.3, -0.25) is 9.59 Å². The smallest absolute Gasteiger partial charge is 0.306 e. The third kappa shape index (κ3) is 4.34. The van der Waals surface area contributed by atoms with Gasteiger partial charge in [0, 0.05) is 6.54 Å². The maximum atomic E-state index is 11.7. The molecule has 0 radical (unpaired) electrons. The predicted molar refractivity (Wildman–Crippen MR) is 62.6 cm³/mol. The molecule has 0 aromatic rings. The summed E-state index contributed by atoms with van der Waals surface area (Å²) in [6, 6.07) is 0. The molecule has 0 aliphatic carbocycles. The minimum atomic E-state index is -0.905. The second-order valence-corrected chi connectivity index (χ2v) is 6.12. The van der Waals surface area contributed by atoms with Gasteiger partial charge in [0.25, 0.3) is 0 Å². The van der Waals surface area contributed by atoms with Crippen molar-refractivity contribution in [3.05, 3.63) is 0 Å². The summed E-state index contributed by atoms with van der Waals surface area (Å²) >= 11 is 0. The lowest BCUT2D eigenvalue weighted by Gasteiger charge is -2.41. The zero-order valence-electron chi connectivity index (χ0n) is 10.9. The van der Waals surface area contributed by atoms with Gasteiger partial charge in [0.15, 0.2) is 0 Å². The van der Waals surface area contributed by atoms with Gasteiger partial charge < -0.3 is 14.7 Å². The van der Waals surface area contributed by atoms with Crippen LogP contribution in [0, 0.1) is 5.41 Å². The molecule has 1 fully saturated rings. The first-order valence-corrected chi connectivity index (χ1v) is 5.75. The van der Waals surface area contributed by atoms with Crippen LogP contribution in [0.5, 0.6) is 0 Å². The highest BCUT2D eigenvalue weighted by atomic mass is 16.5. The number of carboxylic acids is 1. The number of carboxylic acid groups (broad SMARTS) is 1. The Kier molecular flexibility index (Phi) is 3.81. The van der Waals surface area contributed by atoms with Crippen molar-refractivity contribution >= 4 is 11.9 Å². The Bertz CT molecular complexity index is 321. The summed E-state index contributed by atoms with van der Waals surface area (Å²) < 4.78 is 5.36. The second-order valence-electron chi connectivity index (χ2n) is 6.12. The van der Waals surface area contributed by atoms with Crippen LogP contribution in [0.25, 0.3) is 0 Å². The van der Waals surface area contributed by atoms with Crippen molar-refractivity contribution < 1.29 is 19.4 Å². The molecule has 5 nitrogen and oxygen atoms in total. The van der Waals surface area contributed by atoms with Gasteiger partial charge in [-0.2, -0.15) is 0 Å². The van der Waals surface area contributed by atoms with Crippen molar-refractivity contribution in [2.45, 2.75) is 39.7 Å². The monoisotopic (exact) mass is 243 g/mol. The van der Waals surface area contributed by atoms with Crippen molar-refractivity contribution in [3.63, 3.8) is 0 Å². The molecule has 1 saturated heterocycles.